The van der Waals surface area contributed by atoms with Crippen LogP contribution in [0.4, 0.5) is 0 Å². The minimum atomic E-state index is -4.15. The predicted octanol–water partition coefficient (Wildman–Crippen LogP) is 5.32. The Morgan fingerprint density at radius 2 is 1.44 bits per heavy atom. The molecule has 3 aromatic rings. The molecule has 0 saturated heterocycles. The van der Waals surface area contributed by atoms with Gasteiger partial charge in [0.2, 0.25) is 0 Å². The molecule has 32 heavy (non-hydrogen) atoms. The van der Waals surface area contributed by atoms with Gasteiger partial charge in [0.1, 0.15) is 17.3 Å². The van der Waals surface area contributed by atoms with Crippen LogP contribution >= 0.6 is 32.4 Å². The Hall–Kier alpha value is -2.02. The Bertz CT molecular complexity index is 1080. The number of halogens is 2. The van der Waals surface area contributed by atoms with Crippen molar-refractivity contribution < 1.29 is 44.4 Å². The third-order valence-corrected chi connectivity index (χ3v) is 4.13. The van der Waals surface area contributed by atoms with Crippen molar-refractivity contribution in [3.8, 4) is 11.5 Å². The van der Waals surface area contributed by atoms with Crippen molar-refractivity contribution in [3.63, 3.8) is 0 Å². The molecule has 0 aliphatic carbocycles. The number of furan rings is 1. The van der Waals surface area contributed by atoms with E-state index >= 15 is 0 Å². The van der Waals surface area contributed by atoms with E-state index in [2.05, 4.69) is 18.2 Å². The first kappa shape index (κ1) is 26.2. The van der Waals surface area contributed by atoms with Crippen molar-refractivity contribution in [2.24, 2.45) is 8.80 Å². The van der Waals surface area contributed by atoms with Gasteiger partial charge >= 0.3 is 43.6 Å². The molecule has 0 fully saturated rings. The van der Waals surface area contributed by atoms with Gasteiger partial charge in [0.25, 0.3) is 0 Å². The summed E-state index contributed by atoms with van der Waals surface area (Å²) in [7, 11) is 5.38. The van der Waals surface area contributed by atoms with Gasteiger partial charge in [0, 0.05) is 5.04 Å². The Kier molecular flexibility index (Phi) is 12.2. The number of benzene rings is 2. The average Bonchev–Trinajstić information content (AvgIpc) is 3.24. The van der Waals surface area contributed by atoms with Crippen LogP contribution < -0.4 is 9.07 Å². The van der Waals surface area contributed by atoms with E-state index in [1.54, 1.807) is 48.5 Å². The standard InChI is InChI=1S/C18H14N2O7S2.2ClH.Fe/c21-29(22,25-16-9-5-2-6-10-16)20-14-18-12-11-17(23-18)13-19-28-27-26-24-15-7-3-1-4-8-15;;;/h1-14H;2*1H;/q;;;+2/p-2/b19-13+,20-14+;;;. The number of hydrogen-bond donors (Lipinski definition) is 0. The maximum atomic E-state index is 11.8. The van der Waals surface area contributed by atoms with Gasteiger partial charge in [-0.3, -0.25) is 0 Å². The van der Waals surface area contributed by atoms with Crippen LogP contribution in [0.2, 0.25) is 0 Å². The van der Waals surface area contributed by atoms with Crippen molar-refractivity contribution in [1.82, 2.24) is 0 Å². The van der Waals surface area contributed by atoms with Gasteiger partial charge in [-0.2, -0.15) is 12.8 Å². The van der Waals surface area contributed by atoms with E-state index in [4.69, 9.17) is 33.7 Å². The molecule has 9 nitrogen and oxygen atoms in total. The van der Waals surface area contributed by atoms with Crippen molar-refractivity contribution in [3.05, 3.63) is 84.3 Å². The summed E-state index contributed by atoms with van der Waals surface area (Å²) in [4.78, 5) is 4.84. The molecular weight excluding hydrogens is 547 g/mol. The maximum absolute atomic E-state index is 11.8. The second kappa shape index (κ2) is 14.9. The summed E-state index contributed by atoms with van der Waals surface area (Å²) in [5, 5.41) is 4.50. The Morgan fingerprint density at radius 1 is 0.875 bits per heavy atom. The van der Waals surface area contributed by atoms with Crippen LogP contribution in [0, 0.1) is 0 Å². The van der Waals surface area contributed by atoms with E-state index in [1.165, 1.54) is 24.4 Å². The SMILES string of the molecule is O=S(=O)(/N=C/c1ccc(/C=N/SOOOc2ccccc2)o1)Oc1ccccc1.[Cl][Fe][Cl]. The van der Waals surface area contributed by atoms with Crippen LogP contribution in [0.3, 0.4) is 0 Å². The molecule has 0 bridgehead atoms. The zero-order valence-corrected chi connectivity index (χ0v) is 20.0. The molecule has 0 radical (unpaired) electrons. The molecule has 0 atom stereocenters. The molecule has 0 aliphatic heterocycles. The van der Waals surface area contributed by atoms with Crippen molar-refractivity contribution >= 4 is 55.2 Å². The summed E-state index contributed by atoms with van der Waals surface area (Å²) < 4.78 is 45.7. The minimum absolute atomic E-state index is 0.160. The molecule has 0 unspecified atom stereocenters. The van der Waals surface area contributed by atoms with Crippen LogP contribution in [0.5, 0.6) is 11.5 Å². The molecular formula is C18H14Cl2FeN2O7S2. The van der Waals surface area contributed by atoms with Gasteiger partial charge in [-0.15, -0.1) is 4.40 Å². The number of hydrogen-bond acceptors (Lipinski definition) is 9. The monoisotopic (exact) mass is 560 g/mol. The second-order valence-corrected chi connectivity index (χ2v) is 8.74. The van der Waals surface area contributed by atoms with Crippen molar-refractivity contribution in [2.45, 2.75) is 0 Å². The van der Waals surface area contributed by atoms with Gasteiger partial charge in [0.05, 0.1) is 12.4 Å². The fourth-order valence-electron chi connectivity index (χ4n) is 1.88. The number of nitrogens with zero attached hydrogens (tertiary/aromatic N) is 2. The van der Waals surface area contributed by atoms with Crippen LogP contribution in [0.15, 0.2) is 86.0 Å². The topological polar surface area (TPSA) is 109 Å². The van der Waals surface area contributed by atoms with E-state index in [0.29, 0.717) is 23.7 Å². The van der Waals surface area contributed by atoms with Gasteiger partial charge < -0.3 is 13.5 Å². The van der Waals surface area contributed by atoms with Crippen molar-refractivity contribution in [2.75, 3.05) is 0 Å². The summed E-state index contributed by atoms with van der Waals surface area (Å²) in [6, 6.07) is 19.9. The summed E-state index contributed by atoms with van der Waals surface area (Å²) in [6.45, 7) is 0. The fraction of sp³-hybridized carbons (Fsp3) is 0. The molecule has 1 aromatic heterocycles. The first-order valence-corrected chi connectivity index (χ1v) is 13.4. The third-order valence-electron chi connectivity index (χ3n) is 3.06. The zero-order valence-electron chi connectivity index (χ0n) is 15.8. The molecule has 0 N–H and O–H groups in total. The molecule has 2 aromatic carbocycles. The molecule has 0 aliphatic rings. The van der Waals surface area contributed by atoms with Gasteiger partial charge in [-0.25, -0.2) is 0 Å². The van der Waals surface area contributed by atoms with Crippen LogP contribution in [-0.4, -0.2) is 20.8 Å². The van der Waals surface area contributed by atoms with E-state index in [-0.39, 0.29) is 24.6 Å². The van der Waals surface area contributed by atoms with E-state index in [9.17, 15) is 8.42 Å². The fourth-order valence-corrected chi connectivity index (χ4v) is 2.74. The van der Waals surface area contributed by atoms with E-state index < -0.39 is 10.3 Å². The summed E-state index contributed by atoms with van der Waals surface area (Å²) in [6.07, 6.45) is 2.36. The first-order chi connectivity index (χ1) is 15.5. The summed E-state index contributed by atoms with van der Waals surface area (Å²) in [5.74, 6) is 1.17. The third kappa shape index (κ3) is 11.0. The number of para-hydroxylation sites is 2. The van der Waals surface area contributed by atoms with Crippen LogP contribution in [-0.2, 0) is 32.8 Å². The molecule has 172 valence electrons. The molecule has 0 spiro atoms. The van der Waals surface area contributed by atoms with Crippen LogP contribution in [0.25, 0.3) is 0 Å². The van der Waals surface area contributed by atoms with Crippen molar-refractivity contribution in [1.29, 1.82) is 0 Å². The Morgan fingerprint density at radius 3 is 2.06 bits per heavy atom. The Labute approximate surface area is 203 Å². The predicted molar refractivity (Wildman–Crippen MR) is 118 cm³/mol. The normalized spacial score (nSPS) is 11.4. The zero-order chi connectivity index (χ0) is 23.1. The second-order valence-electron chi connectivity index (χ2n) is 5.19. The molecule has 14 heteroatoms. The van der Waals surface area contributed by atoms with Gasteiger partial charge in [0.15, 0.2) is 18.0 Å². The summed E-state index contributed by atoms with van der Waals surface area (Å²) in [5.41, 5.74) is 0. The molecule has 0 saturated carbocycles. The van der Waals surface area contributed by atoms with Gasteiger partial charge in [-0.05, 0) is 36.4 Å². The quantitative estimate of drug-likeness (QED) is 0.0623. The summed E-state index contributed by atoms with van der Waals surface area (Å²) >= 11 is 0.803. The van der Waals surface area contributed by atoms with Gasteiger partial charge in [-0.1, -0.05) is 40.7 Å². The molecule has 1 heterocycles. The average molecular weight is 561 g/mol. The van der Waals surface area contributed by atoms with Crippen LogP contribution in [0.1, 0.15) is 11.5 Å². The molecule has 3 rings (SSSR count). The van der Waals surface area contributed by atoms with E-state index in [0.717, 1.165) is 6.21 Å². The van der Waals surface area contributed by atoms with E-state index in [1.807, 2.05) is 6.07 Å². The Balaban J connectivity index is 0.00000114. The molecule has 0 amide bonds. The number of rotatable bonds is 10. The first-order valence-electron chi connectivity index (χ1n) is 8.27.